The van der Waals surface area contributed by atoms with E-state index < -0.39 is 0 Å². The number of hydrogen-bond acceptors (Lipinski definition) is 2. The number of benzene rings is 3. The van der Waals surface area contributed by atoms with Crippen molar-refractivity contribution in [2.75, 3.05) is 7.05 Å². The standard InChI is InChI=1S/C22H19FN2/c1-25(16-18-5-4-7-21(23)13-18)15-17-9-11-19(12-10-17)22-8-3-2-6-20(22)14-24/h2-13H,15-16H2,1H3. The van der Waals surface area contributed by atoms with Crippen LogP contribution in [0.2, 0.25) is 0 Å². The fourth-order valence-electron chi connectivity index (χ4n) is 2.94. The molecule has 0 radical (unpaired) electrons. The third kappa shape index (κ3) is 4.32. The fourth-order valence-corrected chi connectivity index (χ4v) is 2.94. The maximum Gasteiger partial charge on any atom is 0.123 e. The first-order valence-electron chi connectivity index (χ1n) is 8.17. The molecule has 0 atom stereocenters. The molecule has 0 aliphatic rings. The summed E-state index contributed by atoms with van der Waals surface area (Å²) in [7, 11) is 2.02. The van der Waals surface area contributed by atoms with Crippen LogP contribution in [-0.2, 0) is 13.1 Å². The van der Waals surface area contributed by atoms with E-state index in [1.54, 1.807) is 12.1 Å². The number of rotatable bonds is 5. The molecule has 3 aromatic carbocycles. The number of hydrogen-bond donors (Lipinski definition) is 0. The van der Waals surface area contributed by atoms with Crippen molar-refractivity contribution in [3.63, 3.8) is 0 Å². The van der Waals surface area contributed by atoms with E-state index in [-0.39, 0.29) is 5.82 Å². The summed E-state index contributed by atoms with van der Waals surface area (Å²) in [4.78, 5) is 2.15. The molecule has 0 fully saturated rings. The molecule has 0 saturated carbocycles. The average Bonchev–Trinajstić information content (AvgIpc) is 2.62. The van der Waals surface area contributed by atoms with Gasteiger partial charge in [-0.3, -0.25) is 4.90 Å². The lowest BCUT2D eigenvalue weighted by Gasteiger charge is -2.17. The molecule has 2 nitrogen and oxygen atoms in total. The highest BCUT2D eigenvalue weighted by molar-refractivity contribution is 5.70. The van der Waals surface area contributed by atoms with Crippen LogP contribution in [0, 0.1) is 17.1 Å². The van der Waals surface area contributed by atoms with Crippen LogP contribution in [0.25, 0.3) is 11.1 Å². The van der Waals surface area contributed by atoms with Crippen molar-refractivity contribution >= 4 is 0 Å². The largest absolute Gasteiger partial charge is 0.298 e. The molecular formula is C22H19FN2. The van der Waals surface area contributed by atoms with Crippen LogP contribution in [0.3, 0.4) is 0 Å². The van der Waals surface area contributed by atoms with Crippen LogP contribution >= 0.6 is 0 Å². The summed E-state index contributed by atoms with van der Waals surface area (Å²) >= 11 is 0. The van der Waals surface area contributed by atoms with Gasteiger partial charge < -0.3 is 0 Å². The second kappa shape index (κ2) is 7.74. The van der Waals surface area contributed by atoms with E-state index in [1.165, 1.54) is 11.6 Å². The molecule has 3 rings (SSSR count). The Morgan fingerprint density at radius 3 is 2.32 bits per heavy atom. The van der Waals surface area contributed by atoms with Crippen molar-refractivity contribution in [1.29, 1.82) is 5.26 Å². The first kappa shape index (κ1) is 16.9. The first-order chi connectivity index (χ1) is 12.2. The van der Waals surface area contributed by atoms with E-state index in [2.05, 4.69) is 23.1 Å². The molecule has 124 valence electrons. The molecule has 0 amide bonds. The Bertz CT molecular complexity index is 894. The van der Waals surface area contributed by atoms with Gasteiger partial charge in [-0.1, -0.05) is 54.6 Å². The van der Waals surface area contributed by atoms with Crippen molar-refractivity contribution in [3.8, 4) is 17.2 Å². The minimum Gasteiger partial charge on any atom is -0.298 e. The van der Waals surface area contributed by atoms with Crippen molar-refractivity contribution < 1.29 is 4.39 Å². The Morgan fingerprint density at radius 2 is 1.60 bits per heavy atom. The van der Waals surface area contributed by atoms with Gasteiger partial charge in [0.15, 0.2) is 0 Å². The van der Waals surface area contributed by atoms with Crippen molar-refractivity contribution in [2.24, 2.45) is 0 Å². The predicted octanol–water partition coefficient (Wildman–Crippen LogP) is 5.00. The van der Waals surface area contributed by atoms with Crippen LogP contribution in [-0.4, -0.2) is 11.9 Å². The maximum absolute atomic E-state index is 13.3. The molecule has 25 heavy (non-hydrogen) atoms. The highest BCUT2D eigenvalue weighted by atomic mass is 19.1. The summed E-state index contributed by atoms with van der Waals surface area (Å²) in [6, 6.07) is 24.8. The lowest BCUT2D eigenvalue weighted by atomic mass is 9.99. The average molecular weight is 330 g/mol. The molecule has 0 bridgehead atoms. The zero-order valence-corrected chi connectivity index (χ0v) is 14.1. The minimum absolute atomic E-state index is 0.202. The summed E-state index contributed by atoms with van der Waals surface area (Å²) in [6.07, 6.45) is 0. The van der Waals surface area contributed by atoms with E-state index in [9.17, 15) is 9.65 Å². The van der Waals surface area contributed by atoms with Gasteiger partial charge in [-0.05, 0) is 47.5 Å². The van der Waals surface area contributed by atoms with Crippen LogP contribution in [0.1, 0.15) is 16.7 Å². The minimum atomic E-state index is -0.202. The normalized spacial score (nSPS) is 10.6. The fraction of sp³-hybridized carbons (Fsp3) is 0.136. The summed E-state index contributed by atoms with van der Waals surface area (Å²) < 4.78 is 13.3. The Labute approximate surface area is 147 Å². The third-order valence-electron chi connectivity index (χ3n) is 4.11. The predicted molar refractivity (Wildman–Crippen MR) is 98.2 cm³/mol. The SMILES string of the molecule is CN(Cc1ccc(-c2ccccc2C#N)cc1)Cc1cccc(F)c1. The molecule has 0 aliphatic heterocycles. The second-order valence-electron chi connectivity index (χ2n) is 6.16. The summed E-state index contributed by atoms with van der Waals surface area (Å²) in [5.74, 6) is -0.202. The van der Waals surface area contributed by atoms with E-state index >= 15 is 0 Å². The van der Waals surface area contributed by atoms with Gasteiger partial charge in [0.1, 0.15) is 5.82 Å². The lowest BCUT2D eigenvalue weighted by molar-refractivity contribution is 0.318. The third-order valence-corrected chi connectivity index (χ3v) is 4.11. The second-order valence-corrected chi connectivity index (χ2v) is 6.16. The Balaban J connectivity index is 1.69. The van der Waals surface area contributed by atoms with Gasteiger partial charge in [0.2, 0.25) is 0 Å². The molecular weight excluding hydrogens is 311 g/mol. The summed E-state index contributed by atoms with van der Waals surface area (Å²) in [6.45, 7) is 1.47. The quantitative estimate of drug-likeness (QED) is 0.658. The van der Waals surface area contributed by atoms with E-state index in [0.717, 1.165) is 23.2 Å². The topological polar surface area (TPSA) is 27.0 Å². The zero-order valence-electron chi connectivity index (χ0n) is 14.1. The molecule has 3 heteroatoms. The molecule has 3 aromatic rings. The number of halogens is 1. The van der Waals surface area contributed by atoms with Crippen LogP contribution in [0.15, 0.2) is 72.8 Å². The van der Waals surface area contributed by atoms with Gasteiger partial charge in [0.05, 0.1) is 11.6 Å². The van der Waals surface area contributed by atoms with Gasteiger partial charge >= 0.3 is 0 Å². The zero-order chi connectivity index (χ0) is 17.6. The maximum atomic E-state index is 13.3. The van der Waals surface area contributed by atoms with Crippen molar-refractivity contribution in [2.45, 2.75) is 13.1 Å². The highest BCUT2D eigenvalue weighted by Crippen LogP contribution is 2.23. The van der Waals surface area contributed by atoms with E-state index in [1.807, 2.05) is 49.5 Å². The summed E-state index contributed by atoms with van der Waals surface area (Å²) in [5, 5.41) is 9.23. The molecule has 0 aromatic heterocycles. The van der Waals surface area contributed by atoms with Crippen molar-refractivity contribution in [3.05, 3.63) is 95.3 Å². The van der Waals surface area contributed by atoms with Crippen molar-refractivity contribution in [1.82, 2.24) is 4.90 Å². The molecule has 0 unspecified atom stereocenters. The molecule has 0 heterocycles. The number of nitrogens with zero attached hydrogens (tertiary/aromatic N) is 2. The number of nitriles is 1. The van der Waals surface area contributed by atoms with Gasteiger partial charge in [-0.25, -0.2) is 4.39 Å². The molecule has 0 N–H and O–H groups in total. The monoisotopic (exact) mass is 330 g/mol. The van der Waals surface area contributed by atoms with E-state index in [0.29, 0.717) is 12.1 Å². The van der Waals surface area contributed by atoms with Crippen LogP contribution < -0.4 is 0 Å². The van der Waals surface area contributed by atoms with Gasteiger partial charge in [0, 0.05) is 13.1 Å². The Hall–Kier alpha value is -2.96. The Morgan fingerprint density at radius 1 is 0.880 bits per heavy atom. The van der Waals surface area contributed by atoms with E-state index in [4.69, 9.17) is 0 Å². The van der Waals surface area contributed by atoms with Gasteiger partial charge in [0.25, 0.3) is 0 Å². The smallest absolute Gasteiger partial charge is 0.123 e. The summed E-state index contributed by atoms with van der Waals surface area (Å²) in [5.41, 5.74) is 4.80. The van der Waals surface area contributed by atoms with Gasteiger partial charge in [-0.15, -0.1) is 0 Å². The molecule has 0 aliphatic carbocycles. The highest BCUT2D eigenvalue weighted by Gasteiger charge is 2.06. The molecule has 0 saturated heterocycles. The first-order valence-corrected chi connectivity index (χ1v) is 8.17. The Kier molecular flexibility index (Phi) is 5.23. The molecule has 0 spiro atoms. The van der Waals surface area contributed by atoms with Gasteiger partial charge in [-0.2, -0.15) is 5.26 Å². The van der Waals surface area contributed by atoms with Crippen LogP contribution in [0.5, 0.6) is 0 Å². The van der Waals surface area contributed by atoms with Crippen LogP contribution in [0.4, 0.5) is 4.39 Å². The lowest BCUT2D eigenvalue weighted by Crippen LogP contribution is -2.17.